The van der Waals surface area contributed by atoms with E-state index in [4.69, 9.17) is 14.3 Å². The van der Waals surface area contributed by atoms with E-state index in [0.717, 1.165) is 9.26 Å². The van der Waals surface area contributed by atoms with Crippen LogP contribution in [0.3, 0.4) is 0 Å². The minimum atomic E-state index is -1.92. The molecule has 0 unspecified atom stereocenters. The van der Waals surface area contributed by atoms with Gasteiger partial charge in [0.15, 0.2) is 8.32 Å². The minimum Gasteiger partial charge on any atom is -0.480 e. The van der Waals surface area contributed by atoms with Crippen molar-refractivity contribution in [2.75, 3.05) is 6.61 Å². The van der Waals surface area contributed by atoms with Crippen molar-refractivity contribution in [2.45, 2.75) is 59.0 Å². The van der Waals surface area contributed by atoms with Crippen LogP contribution in [0.5, 0.6) is 5.88 Å². The summed E-state index contributed by atoms with van der Waals surface area (Å²) in [5, 5.41) is 13.4. The number of hydrogen-bond donors (Lipinski definition) is 1. The topological polar surface area (TPSA) is 73.6 Å². The maximum Gasteiger partial charge on any atom is 0.325 e. The largest absolute Gasteiger partial charge is 0.480 e. The average Bonchev–Trinajstić information content (AvgIpc) is 2.62. The molecule has 1 heterocycles. The van der Waals surface area contributed by atoms with Crippen molar-refractivity contribution in [1.29, 1.82) is 0 Å². The fraction of sp³-hybridized carbons (Fsp3) is 0.714. The van der Waals surface area contributed by atoms with Crippen LogP contribution in [-0.2, 0) is 22.4 Å². The SMILES string of the molecule is CCOc1nn(CC(=O)O)c(CO[Si](C)(C)C(C)(C)C)c1I. The molecule has 0 bridgehead atoms. The first-order chi connectivity index (χ1) is 9.99. The van der Waals surface area contributed by atoms with E-state index < -0.39 is 14.3 Å². The van der Waals surface area contributed by atoms with Crippen molar-refractivity contribution < 1.29 is 19.1 Å². The normalized spacial score (nSPS) is 12.5. The van der Waals surface area contributed by atoms with Crippen LogP contribution in [0.25, 0.3) is 0 Å². The summed E-state index contributed by atoms with van der Waals surface area (Å²) in [5.41, 5.74) is 0.760. The van der Waals surface area contributed by atoms with E-state index in [2.05, 4.69) is 61.6 Å². The molecular weight excluding hydrogens is 415 g/mol. The maximum atomic E-state index is 11.0. The van der Waals surface area contributed by atoms with Gasteiger partial charge in [0, 0.05) is 0 Å². The third-order valence-electron chi connectivity index (χ3n) is 3.91. The molecule has 0 amide bonds. The summed E-state index contributed by atoms with van der Waals surface area (Å²) in [6.07, 6.45) is 0. The van der Waals surface area contributed by atoms with Gasteiger partial charge in [-0.05, 0) is 47.6 Å². The third kappa shape index (κ3) is 4.69. The van der Waals surface area contributed by atoms with E-state index in [1.54, 1.807) is 0 Å². The lowest BCUT2D eigenvalue weighted by atomic mass is 10.2. The summed E-state index contributed by atoms with van der Waals surface area (Å²) in [5.74, 6) is -0.464. The first kappa shape index (κ1) is 19.4. The molecule has 1 N–H and O–H groups in total. The molecule has 22 heavy (non-hydrogen) atoms. The molecule has 1 aromatic rings. The molecule has 126 valence electrons. The Morgan fingerprint density at radius 1 is 1.41 bits per heavy atom. The Labute approximate surface area is 146 Å². The van der Waals surface area contributed by atoms with Gasteiger partial charge < -0.3 is 14.3 Å². The minimum absolute atomic E-state index is 0.0961. The van der Waals surface area contributed by atoms with Crippen molar-refractivity contribution in [3.05, 3.63) is 9.26 Å². The summed E-state index contributed by atoms with van der Waals surface area (Å²) in [6, 6.07) is 0. The Bertz CT molecular complexity index is 538. The highest BCUT2D eigenvalue weighted by Crippen LogP contribution is 2.37. The smallest absolute Gasteiger partial charge is 0.325 e. The van der Waals surface area contributed by atoms with Crippen LogP contribution in [0.2, 0.25) is 18.1 Å². The van der Waals surface area contributed by atoms with Gasteiger partial charge in [-0.1, -0.05) is 20.8 Å². The van der Waals surface area contributed by atoms with Gasteiger partial charge in [0.25, 0.3) is 0 Å². The zero-order valence-corrected chi connectivity index (χ0v) is 17.2. The first-order valence-electron chi connectivity index (χ1n) is 7.23. The maximum absolute atomic E-state index is 11.0. The second kappa shape index (κ2) is 7.31. The van der Waals surface area contributed by atoms with Gasteiger partial charge in [0.1, 0.15) is 10.1 Å². The predicted molar refractivity (Wildman–Crippen MR) is 95.7 cm³/mol. The number of hydrogen-bond acceptors (Lipinski definition) is 4. The van der Waals surface area contributed by atoms with Crippen molar-refractivity contribution in [3.63, 3.8) is 0 Å². The summed E-state index contributed by atoms with van der Waals surface area (Å²) in [4.78, 5) is 11.0. The fourth-order valence-corrected chi connectivity index (χ4v) is 3.17. The molecule has 0 saturated heterocycles. The van der Waals surface area contributed by atoms with Gasteiger partial charge in [-0.2, -0.15) is 0 Å². The van der Waals surface area contributed by atoms with E-state index in [9.17, 15) is 4.79 Å². The molecule has 0 aliphatic heterocycles. The van der Waals surface area contributed by atoms with Crippen molar-refractivity contribution in [2.24, 2.45) is 0 Å². The summed E-state index contributed by atoms with van der Waals surface area (Å²) in [7, 11) is -1.92. The van der Waals surface area contributed by atoms with Gasteiger partial charge in [-0.25, -0.2) is 0 Å². The number of nitrogens with zero attached hydrogens (tertiary/aromatic N) is 2. The molecule has 0 aliphatic carbocycles. The molecule has 0 saturated carbocycles. The highest BCUT2D eigenvalue weighted by atomic mass is 127. The lowest BCUT2D eigenvalue weighted by Crippen LogP contribution is -2.40. The van der Waals surface area contributed by atoms with Gasteiger partial charge >= 0.3 is 5.97 Å². The van der Waals surface area contributed by atoms with E-state index in [1.165, 1.54) is 4.68 Å². The molecule has 8 heteroatoms. The molecule has 0 radical (unpaired) electrons. The zero-order valence-electron chi connectivity index (χ0n) is 14.1. The van der Waals surface area contributed by atoms with Crippen LogP contribution in [-0.4, -0.2) is 35.8 Å². The standard InChI is InChI=1S/C14H25IN2O4Si/c1-7-20-13-12(15)10(17(16-13)8-11(18)19)9-21-22(5,6)14(2,3)4/h7-9H2,1-6H3,(H,18,19). The zero-order chi connectivity index (χ0) is 17.1. The van der Waals surface area contributed by atoms with Crippen LogP contribution in [0.1, 0.15) is 33.4 Å². The highest BCUT2D eigenvalue weighted by molar-refractivity contribution is 14.1. The lowest BCUT2D eigenvalue weighted by molar-refractivity contribution is -0.137. The van der Waals surface area contributed by atoms with Crippen LogP contribution < -0.4 is 4.74 Å². The molecule has 0 atom stereocenters. The van der Waals surface area contributed by atoms with Crippen LogP contribution in [0, 0.1) is 3.57 Å². The van der Waals surface area contributed by atoms with Crippen molar-refractivity contribution >= 4 is 36.9 Å². The Morgan fingerprint density at radius 3 is 2.45 bits per heavy atom. The number of carboxylic acids is 1. The second-order valence-corrected chi connectivity index (χ2v) is 12.5. The summed E-state index contributed by atoms with van der Waals surface area (Å²) in [6.45, 7) is 13.4. The monoisotopic (exact) mass is 440 g/mol. The van der Waals surface area contributed by atoms with Crippen molar-refractivity contribution in [3.8, 4) is 5.88 Å². The molecule has 6 nitrogen and oxygen atoms in total. The highest BCUT2D eigenvalue weighted by Gasteiger charge is 2.37. The molecule has 0 aromatic carbocycles. The Hall–Kier alpha value is -0.613. The Morgan fingerprint density at radius 2 is 2.00 bits per heavy atom. The van der Waals surface area contributed by atoms with Gasteiger partial charge in [-0.3, -0.25) is 9.48 Å². The molecule has 0 spiro atoms. The second-order valence-electron chi connectivity index (χ2n) is 6.60. The molecule has 1 aromatic heterocycles. The number of aliphatic carboxylic acids is 1. The third-order valence-corrected chi connectivity index (χ3v) is 9.47. The molecule has 0 fully saturated rings. The van der Waals surface area contributed by atoms with Gasteiger partial charge in [-0.15, -0.1) is 5.10 Å². The molecule has 1 rings (SSSR count). The lowest BCUT2D eigenvalue weighted by Gasteiger charge is -2.36. The van der Waals surface area contributed by atoms with Crippen molar-refractivity contribution in [1.82, 2.24) is 9.78 Å². The summed E-state index contributed by atoms with van der Waals surface area (Å²) >= 11 is 2.14. The Kier molecular flexibility index (Phi) is 6.45. The van der Waals surface area contributed by atoms with E-state index in [-0.39, 0.29) is 11.6 Å². The van der Waals surface area contributed by atoms with Crippen LogP contribution in [0.15, 0.2) is 0 Å². The molecule has 0 aliphatic rings. The van der Waals surface area contributed by atoms with Gasteiger partial charge in [0.05, 0.1) is 18.9 Å². The first-order valence-corrected chi connectivity index (χ1v) is 11.2. The Balaban J connectivity index is 3.04. The quantitative estimate of drug-likeness (QED) is 0.519. The summed E-state index contributed by atoms with van der Waals surface area (Å²) < 4.78 is 13.9. The van der Waals surface area contributed by atoms with Crippen LogP contribution >= 0.6 is 22.6 Å². The van der Waals surface area contributed by atoms with E-state index >= 15 is 0 Å². The number of aromatic nitrogens is 2. The number of ether oxygens (including phenoxy) is 1. The number of rotatable bonds is 7. The number of carbonyl (C=O) groups is 1. The van der Waals surface area contributed by atoms with Crippen LogP contribution in [0.4, 0.5) is 0 Å². The fourth-order valence-electron chi connectivity index (χ4n) is 1.54. The average molecular weight is 440 g/mol. The van der Waals surface area contributed by atoms with E-state index in [1.807, 2.05) is 6.92 Å². The van der Waals surface area contributed by atoms with Gasteiger partial charge in [0.2, 0.25) is 5.88 Å². The number of carboxylic acid groups (broad SMARTS) is 1. The molecular formula is C14H25IN2O4Si. The predicted octanol–water partition coefficient (Wildman–Crippen LogP) is 3.49. The number of halogens is 1. The van der Waals surface area contributed by atoms with E-state index in [0.29, 0.717) is 19.1 Å².